The maximum atomic E-state index is 10.5. The summed E-state index contributed by atoms with van der Waals surface area (Å²) in [7, 11) is 0. The highest BCUT2D eigenvalue weighted by Gasteiger charge is 2.06. The molecule has 0 aliphatic heterocycles. The average Bonchev–Trinajstić information content (AvgIpc) is 2.30. The first-order valence-corrected chi connectivity index (χ1v) is 6.39. The van der Waals surface area contributed by atoms with Gasteiger partial charge in [0.25, 0.3) is 0 Å². The van der Waals surface area contributed by atoms with E-state index in [1.54, 1.807) is 0 Å². The summed E-state index contributed by atoms with van der Waals surface area (Å²) in [5.41, 5.74) is 0.896. The third-order valence-corrected chi connectivity index (χ3v) is 3.27. The van der Waals surface area contributed by atoms with Crippen molar-refractivity contribution in [1.29, 1.82) is 0 Å². The van der Waals surface area contributed by atoms with Crippen molar-refractivity contribution in [2.24, 2.45) is 0 Å². The fourth-order valence-corrected chi connectivity index (χ4v) is 2.27. The molecule has 0 atom stereocenters. The molecule has 0 amide bonds. The number of aryl methyl sites for hydroxylation is 1. The summed E-state index contributed by atoms with van der Waals surface area (Å²) in [6.45, 7) is 2.29. The van der Waals surface area contributed by atoms with Gasteiger partial charge >= 0.3 is 5.97 Å². The molecule has 2 aromatic rings. The number of aromatic nitrogens is 1. The zero-order valence-corrected chi connectivity index (χ0v) is 11.5. The Hall–Kier alpha value is -1.62. The first-order chi connectivity index (χ1) is 8.58. The molecule has 0 radical (unpaired) electrons. The van der Waals surface area contributed by atoms with E-state index in [1.807, 2.05) is 31.2 Å². The second-order valence-corrected chi connectivity index (χ2v) is 4.87. The van der Waals surface area contributed by atoms with Crippen LogP contribution in [0.4, 0.5) is 5.82 Å². The van der Waals surface area contributed by atoms with Crippen molar-refractivity contribution >= 4 is 38.5 Å². The van der Waals surface area contributed by atoms with Gasteiger partial charge in [-0.05, 0) is 19.1 Å². The van der Waals surface area contributed by atoms with Gasteiger partial charge in [-0.1, -0.05) is 28.1 Å². The van der Waals surface area contributed by atoms with Gasteiger partial charge in [-0.25, -0.2) is 4.98 Å². The number of hydrogen-bond donors (Lipinski definition) is 2. The number of anilines is 1. The number of pyridine rings is 1. The molecule has 0 spiro atoms. The third-order valence-electron chi connectivity index (χ3n) is 2.58. The Morgan fingerprint density at radius 3 is 2.94 bits per heavy atom. The molecule has 94 valence electrons. The fourth-order valence-electron chi connectivity index (χ4n) is 1.79. The molecule has 1 heterocycles. The molecule has 0 aliphatic rings. The van der Waals surface area contributed by atoms with Crippen LogP contribution in [0.2, 0.25) is 0 Å². The van der Waals surface area contributed by atoms with E-state index in [1.165, 1.54) is 0 Å². The second-order valence-electron chi connectivity index (χ2n) is 4.02. The Bertz CT molecular complexity index is 599. The Morgan fingerprint density at radius 1 is 1.44 bits per heavy atom. The summed E-state index contributed by atoms with van der Waals surface area (Å²) in [4.78, 5) is 14.9. The Kier molecular flexibility index (Phi) is 3.81. The Balaban J connectivity index is 2.37. The molecule has 5 heteroatoms. The first-order valence-electron chi connectivity index (χ1n) is 5.59. The van der Waals surface area contributed by atoms with Crippen molar-refractivity contribution in [2.75, 3.05) is 11.9 Å². The van der Waals surface area contributed by atoms with Crippen LogP contribution in [0.5, 0.6) is 0 Å². The number of fused-ring (bicyclic) bond motifs is 1. The molecule has 0 aliphatic carbocycles. The van der Waals surface area contributed by atoms with Crippen molar-refractivity contribution < 1.29 is 9.90 Å². The highest BCUT2D eigenvalue weighted by molar-refractivity contribution is 9.10. The third kappa shape index (κ3) is 2.79. The average molecular weight is 309 g/mol. The van der Waals surface area contributed by atoms with Crippen LogP contribution in [0, 0.1) is 6.92 Å². The van der Waals surface area contributed by atoms with E-state index in [9.17, 15) is 4.79 Å². The molecule has 0 unspecified atom stereocenters. The van der Waals surface area contributed by atoms with E-state index in [0.717, 1.165) is 26.8 Å². The van der Waals surface area contributed by atoms with Gasteiger partial charge in [-0.15, -0.1) is 0 Å². The maximum absolute atomic E-state index is 10.5. The highest BCUT2D eigenvalue weighted by atomic mass is 79.9. The van der Waals surface area contributed by atoms with Crippen LogP contribution >= 0.6 is 15.9 Å². The molecule has 18 heavy (non-hydrogen) atoms. The monoisotopic (exact) mass is 308 g/mol. The van der Waals surface area contributed by atoms with Crippen LogP contribution in [-0.2, 0) is 4.79 Å². The number of nitrogens with zero attached hydrogens (tertiary/aromatic N) is 1. The van der Waals surface area contributed by atoms with Crippen LogP contribution in [0.25, 0.3) is 10.8 Å². The topological polar surface area (TPSA) is 62.2 Å². The van der Waals surface area contributed by atoms with Crippen molar-refractivity contribution in [3.63, 3.8) is 0 Å². The molecular formula is C13H13BrN2O2. The standard InChI is InChI=1S/C13H13BrN2O2/c1-8-7-10-9(3-2-4-11(10)14)13(16-8)15-6-5-12(17)18/h2-4,7H,5-6H2,1H3,(H,15,16)(H,17,18). The van der Waals surface area contributed by atoms with Gasteiger partial charge in [-0.3, -0.25) is 4.79 Å². The van der Waals surface area contributed by atoms with E-state index in [2.05, 4.69) is 26.2 Å². The summed E-state index contributed by atoms with van der Waals surface area (Å²) in [6, 6.07) is 7.88. The van der Waals surface area contributed by atoms with E-state index < -0.39 is 5.97 Å². The van der Waals surface area contributed by atoms with Gasteiger partial charge in [0.05, 0.1) is 6.42 Å². The van der Waals surface area contributed by atoms with E-state index in [-0.39, 0.29) is 6.42 Å². The van der Waals surface area contributed by atoms with E-state index in [0.29, 0.717) is 6.54 Å². The second kappa shape index (κ2) is 5.35. The number of rotatable bonds is 4. The maximum Gasteiger partial charge on any atom is 0.305 e. The predicted octanol–water partition coefficient (Wildman–Crippen LogP) is 3.19. The van der Waals surface area contributed by atoms with Gasteiger partial charge in [0.15, 0.2) is 0 Å². The zero-order chi connectivity index (χ0) is 13.1. The van der Waals surface area contributed by atoms with E-state index in [4.69, 9.17) is 5.11 Å². The smallest absolute Gasteiger partial charge is 0.305 e. The lowest BCUT2D eigenvalue weighted by Gasteiger charge is -2.10. The van der Waals surface area contributed by atoms with Crippen LogP contribution < -0.4 is 5.32 Å². The Morgan fingerprint density at radius 2 is 2.22 bits per heavy atom. The van der Waals surface area contributed by atoms with Gasteiger partial charge in [-0.2, -0.15) is 0 Å². The minimum Gasteiger partial charge on any atom is -0.481 e. The number of carbonyl (C=O) groups is 1. The van der Waals surface area contributed by atoms with Gasteiger partial charge in [0, 0.05) is 27.5 Å². The Labute approximate surface area is 113 Å². The lowest BCUT2D eigenvalue weighted by molar-refractivity contribution is -0.136. The van der Waals surface area contributed by atoms with Crippen molar-refractivity contribution in [2.45, 2.75) is 13.3 Å². The first kappa shape index (κ1) is 12.8. The minimum atomic E-state index is -0.819. The summed E-state index contributed by atoms with van der Waals surface area (Å²) < 4.78 is 1.01. The number of hydrogen-bond acceptors (Lipinski definition) is 3. The molecule has 0 saturated heterocycles. The summed E-state index contributed by atoms with van der Waals surface area (Å²) in [6.07, 6.45) is 0.0745. The number of carboxylic acids is 1. The SMILES string of the molecule is Cc1cc2c(Br)cccc2c(NCCC(=O)O)n1. The summed E-state index contributed by atoms with van der Waals surface area (Å²) in [5.74, 6) is -0.0896. The van der Waals surface area contributed by atoms with Crippen molar-refractivity contribution in [3.05, 3.63) is 34.4 Å². The highest BCUT2D eigenvalue weighted by Crippen LogP contribution is 2.28. The summed E-state index contributed by atoms with van der Waals surface area (Å²) >= 11 is 3.51. The van der Waals surface area contributed by atoms with Gasteiger partial charge in [0.1, 0.15) is 5.82 Å². The lowest BCUT2D eigenvalue weighted by Crippen LogP contribution is -2.09. The van der Waals surface area contributed by atoms with Crippen LogP contribution in [0.1, 0.15) is 12.1 Å². The molecular weight excluding hydrogens is 296 g/mol. The summed E-state index contributed by atoms with van der Waals surface area (Å²) in [5, 5.41) is 13.8. The predicted molar refractivity (Wildman–Crippen MR) is 74.9 cm³/mol. The molecule has 0 bridgehead atoms. The number of halogens is 1. The van der Waals surface area contributed by atoms with Gasteiger partial charge < -0.3 is 10.4 Å². The molecule has 2 N–H and O–H groups in total. The van der Waals surface area contributed by atoms with Crippen molar-refractivity contribution in [3.8, 4) is 0 Å². The molecule has 4 nitrogen and oxygen atoms in total. The minimum absolute atomic E-state index is 0.0745. The quantitative estimate of drug-likeness (QED) is 0.910. The molecule has 1 aromatic carbocycles. The normalized spacial score (nSPS) is 10.6. The van der Waals surface area contributed by atoms with Gasteiger partial charge in [0.2, 0.25) is 0 Å². The molecule has 2 rings (SSSR count). The number of nitrogens with one attached hydrogen (secondary N) is 1. The van der Waals surface area contributed by atoms with E-state index >= 15 is 0 Å². The zero-order valence-electron chi connectivity index (χ0n) is 9.90. The van der Waals surface area contributed by atoms with Crippen LogP contribution in [0.15, 0.2) is 28.7 Å². The lowest BCUT2D eigenvalue weighted by atomic mass is 10.1. The number of benzene rings is 1. The van der Waals surface area contributed by atoms with Crippen LogP contribution in [0.3, 0.4) is 0 Å². The van der Waals surface area contributed by atoms with Crippen LogP contribution in [-0.4, -0.2) is 22.6 Å². The fraction of sp³-hybridized carbons (Fsp3) is 0.231. The largest absolute Gasteiger partial charge is 0.481 e. The van der Waals surface area contributed by atoms with Crippen molar-refractivity contribution in [1.82, 2.24) is 4.98 Å². The molecule has 0 saturated carbocycles. The number of carboxylic acid groups (broad SMARTS) is 1. The molecule has 0 fully saturated rings. The number of aliphatic carboxylic acids is 1. The molecule has 1 aromatic heterocycles.